The van der Waals surface area contributed by atoms with Crippen LogP contribution in [0.1, 0.15) is 140 Å². The molecule has 0 aromatic rings. The number of carbonyl (C=O) groups is 1. The van der Waals surface area contributed by atoms with E-state index in [1.165, 1.54) is 44.9 Å². The lowest BCUT2D eigenvalue weighted by Gasteiger charge is -2.62. The smallest absolute Gasteiger partial charge is 0.139 e. The van der Waals surface area contributed by atoms with Gasteiger partial charge in [-0.05, 0) is 92.3 Å². The maximum absolute atomic E-state index is 13.8. The Morgan fingerprint density at radius 2 is 1.39 bits per heavy atom. The molecule has 196 valence electrons. The van der Waals surface area contributed by atoms with Gasteiger partial charge in [0.05, 0.1) is 6.10 Å². The Morgan fingerprint density at radius 1 is 0.818 bits per heavy atom. The van der Waals surface area contributed by atoms with E-state index >= 15 is 0 Å². The van der Waals surface area contributed by atoms with Crippen molar-refractivity contribution in [2.75, 3.05) is 0 Å². The maximum Gasteiger partial charge on any atom is 0.139 e. The van der Waals surface area contributed by atoms with Crippen LogP contribution in [0.3, 0.4) is 0 Å². The Bertz CT molecular complexity index is 571. The van der Waals surface area contributed by atoms with Gasteiger partial charge in [-0.2, -0.15) is 0 Å². The fourth-order valence-electron chi connectivity index (χ4n) is 8.67. The summed E-state index contributed by atoms with van der Waals surface area (Å²) in [4.78, 5) is 13.8. The molecule has 4 fully saturated rings. The number of aliphatic hydroxyl groups is 1. The zero-order chi connectivity index (χ0) is 25.4. The van der Waals surface area contributed by atoms with E-state index in [0.717, 1.165) is 31.6 Å². The van der Waals surface area contributed by atoms with Crippen molar-refractivity contribution in [3.05, 3.63) is 0 Å². The largest absolute Gasteiger partial charge is 0.393 e. The first-order valence-electron chi connectivity index (χ1n) is 15.1. The molecule has 0 bridgehead atoms. The third-order valence-corrected chi connectivity index (χ3v) is 10.2. The molecule has 0 amide bonds. The average molecular weight is 465 g/mol. The summed E-state index contributed by atoms with van der Waals surface area (Å²) in [6.45, 7) is 21.6. The highest BCUT2D eigenvalue weighted by Gasteiger charge is 2.64. The summed E-state index contributed by atoms with van der Waals surface area (Å²) in [6.07, 6.45) is 13.0. The second kappa shape index (κ2) is 13.6. The van der Waals surface area contributed by atoms with E-state index in [-0.39, 0.29) is 17.4 Å². The standard InChI is InChI=1S/C25H42O2.3C2H6/c1-5-7-8-16-9-10-19-22-20(12-14-24(16,19)3)25(4)13-11-17(26)15-21(25)18(6-2)23(22)27;3*1-2/h16-22,26H,5-15H2,1-4H3;3*1-2H3/t16?,17-,18-,19?,20?,21?,22?,24?,25?;;;/m1.../s1. The van der Waals surface area contributed by atoms with Crippen molar-refractivity contribution in [1.29, 1.82) is 0 Å². The van der Waals surface area contributed by atoms with E-state index in [4.69, 9.17) is 0 Å². The van der Waals surface area contributed by atoms with E-state index in [0.29, 0.717) is 34.9 Å². The van der Waals surface area contributed by atoms with E-state index < -0.39 is 0 Å². The van der Waals surface area contributed by atoms with Crippen molar-refractivity contribution in [3.63, 3.8) is 0 Å². The lowest BCUT2D eigenvalue weighted by molar-refractivity contribution is -0.172. The minimum absolute atomic E-state index is 0.180. The minimum Gasteiger partial charge on any atom is -0.393 e. The van der Waals surface area contributed by atoms with Crippen LogP contribution in [-0.4, -0.2) is 17.0 Å². The summed E-state index contributed by atoms with van der Waals surface area (Å²) < 4.78 is 0. The second-order valence-electron chi connectivity index (χ2n) is 11.2. The number of ketones is 1. The summed E-state index contributed by atoms with van der Waals surface area (Å²) in [6, 6.07) is 0. The van der Waals surface area contributed by atoms with Crippen LogP contribution in [0.4, 0.5) is 0 Å². The molecule has 4 saturated carbocycles. The molecule has 4 rings (SSSR count). The number of aliphatic hydroxyl groups excluding tert-OH is 1. The number of carbonyl (C=O) groups excluding carboxylic acids is 1. The Kier molecular flexibility index (Phi) is 12.7. The quantitative estimate of drug-likeness (QED) is 0.450. The summed E-state index contributed by atoms with van der Waals surface area (Å²) in [5, 5.41) is 10.4. The molecule has 0 aliphatic heterocycles. The fraction of sp³-hybridized carbons (Fsp3) is 0.968. The lowest BCUT2D eigenvalue weighted by atomic mass is 9.42. The first-order valence-corrected chi connectivity index (χ1v) is 15.1. The molecular formula is C31H60O2. The summed E-state index contributed by atoms with van der Waals surface area (Å²) >= 11 is 0. The molecule has 9 atom stereocenters. The average Bonchev–Trinajstić information content (AvgIpc) is 3.19. The van der Waals surface area contributed by atoms with Gasteiger partial charge in [0.1, 0.15) is 5.78 Å². The summed E-state index contributed by atoms with van der Waals surface area (Å²) in [5.41, 5.74) is 0.684. The van der Waals surface area contributed by atoms with Gasteiger partial charge in [-0.15, -0.1) is 0 Å². The molecule has 0 aromatic heterocycles. The van der Waals surface area contributed by atoms with Crippen LogP contribution in [-0.2, 0) is 4.79 Å². The molecule has 2 heteroatoms. The van der Waals surface area contributed by atoms with Gasteiger partial charge in [0.2, 0.25) is 0 Å². The van der Waals surface area contributed by atoms with Gasteiger partial charge < -0.3 is 5.11 Å². The van der Waals surface area contributed by atoms with Gasteiger partial charge >= 0.3 is 0 Å². The van der Waals surface area contributed by atoms with Crippen LogP contribution in [0.5, 0.6) is 0 Å². The first-order chi connectivity index (χ1) is 15.9. The third kappa shape index (κ3) is 5.57. The Hall–Kier alpha value is -0.370. The lowest BCUT2D eigenvalue weighted by Crippen LogP contribution is -2.60. The summed E-state index contributed by atoms with van der Waals surface area (Å²) in [7, 11) is 0. The highest BCUT2D eigenvalue weighted by atomic mass is 16.3. The Morgan fingerprint density at radius 3 is 1.97 bits per heavy atom. The van der Waals surface area contributed by atoms with E-state index in [1.54, 1.807) is 0 Å². The second-order valence-corrected chi connectivity index (χ2v) is 11.2. The van der Waals surface area contributed by atoms with E-state index in [1.807, 2.05) is 41.5 Å². The molecule has 2 nitrogen and oxygen atoms in total. The SMILES string of the molecule is CC.CC.CC.CCCCC1CCC2C3C(=O)[C@H](CC)C4C[C@H](O)CCC4(C)C3CCC12C. The molecule has 0 radical (unpaired) electrons. The fourth-order valence-corrected chi connectivity index (χ4v) is 8.67. The van der Waals surface area contributed by atoms with Crippen LogP contribution in [0, 0.1) is 46.3 Å². The highest BCUT2D eigenvalue weighted by molar-refractivity contribution is 5.86. The number of fused-ring (bicyclic) bond motifs is 5. The maximum atomic E-state index is 13.8. The molecule has 33 heavy (non-hydrogen) atoms. The highest BCUT2D eigenvalue weighted by Crippen LogP contribution is 2.68. The molecule has 7 unspecified atom stereocenters. The predicted octanol–water partition coefficient (Wildman–Crippen LogP) is 9.09. The number of hydrogen-bond acceptors (Lipinski definition) is 2. The van der Waals surface area contributed by atoms with Gasteiger partial charge in [-0.25, -0.2) is 0 Å². The molecule has 4 aliphatic carbocycles. The molecule has 4 aliphatic rings. The first kappa shape index (κ1) is 30.7. The van der Waals surface area contributed by atoms with Gasteiger partial charge in [0.15, 0.2) is 0 Å². The Labute approximate surface area is 208 Å². The minimum atomic E-state index is -0.180. The van der Waals surface area contributed by atoms with Crippen molar-refractivity contribution in [2.24, 2.45) is 46.3 Å². The summed E-state index contributed by atoms with van der Waals surface area (Å²) in [5.74, 6) is 3.58. The number of Topliss-reactive ketones (excluding diaryl/α,β-unsaturated/α-hetero) is 1. The number of rotatable bonds is 4. The van der Waals surface area contributed by atoms with Crippen molar-refractivity contribution in [3.8, 4) is 0 Å². The van der Waals surface area contributed by atoms with Crippen molar-refractivity contribution in [1.82, 2.24) is 0 Å². The molecule has 0 spiro atoms. The molecule has 0 aromatic carbocycles. The van der Waals surface area contributed by atoms with E-state index in [9.17, 15) is 9.90 Å². The topological polar surface area (TPSA) is 37.3 Å². The van der Waals surface area contributed by atoms with Crippen LogP contribution in [0.2, 0.25) is 0 Å². The zero-order valence-electron chi connectivity index (χ0n) is 24.2. The predicted molar refractivity (Wildman–Crippen MR) is 144 cm³/mol. The van der Waals surface area contributed by atoms with Crippen LogP contribution >= 0.6 is 0 Å². The van der Waals surface area contributed by atoms with Crippen molar-refractivity contribution >= 4 is 5.78 Å². The van der Waals surface area contributed by atoms with Crippen molar-refractivity contribution in [2.45, 2.75) is 146 Å². The third-order valence-electron chi connectivity index (χ3n) is 10.2. The zero-order valence-corrected chi connectivity index (χ0v) is 24.2. The molecule has 0 saturated heterocycles. The van der Waals surface area contributed by atoms with Gasteiger partial charge in [0.25, 0.3) is 0 Å². The van der Waals surface area contributed by atoms with Crippen molar-refractivity contribution < 1.29 is 9.90 Å². The Balaban J connectivity index is 0.000000841. The van der Waals surface area contributed by atoms with Gasteiger partial charge in [-0.3, -0.25) is 4.79 Å². The number of hydrogen-bond donors (Lipinski definition) is 1. The van der Waals surface area contributed by atoms with Crippen LogP contribution in [0.25, 0.3) is 0 Å². The van der Waals surface area contributed by atoms with Crippen LogP contribution in [0.15, 0.2) is 0 Å². The van der Waals surface area contributed by atoms with Crippen LogP contribution < -0.4 is 0 Å². The van der Waals surface area contributed by atoms with E-state index in [2.05, 4.69) is 27.7 Å². The van der Waals surface area contributed by atoms with Gasteiger partial charge in [0, 0.05) is 11.8 Å². The number of unbranched alkanes of at least 4 members (excludes halogenated alkanes) is 1. The molecular weight excluding hydrogens is 404 g/mol. The normalized spacial score (nSPS) is 43.2. The molecule has 1 N–H and O–H groups in total. The van der Waals surface area contributed by atoms with Gasteiger partial charge in [-0.1, -0.05) is 82.1 Å². The monoisotopic (exact) mass is 464 g/mol. The molecule has 0 heterocycles.